The molecular formula is C24H42IN5O3. The van der Waals surface area contributed by atoms with Crippen molar-refractivity contribution in [2.24, 2.45) is 4.99 Å². The third kappa shape index (κ3) is 9.95. The summed E-state index contributed by atoms with van der Waals surface area (Å²) < 4.78 is 11.4. The van der Waals surface area contributed by atoms with E-state index in [4.69, 9.17) is 9.47 Å². The number of benzene rings is 1. The van der Waals surface area contributed by atoms with Crippen molar-refractivity contribution in [1.29, 1.82) is 0 Å². The summed E-state index contributed by atoms with van der Waals surface area (Å²) in [5.74, 6) is 2.21. The number of ether oxygens (including phenoxy) is 2. The summed E-state index contributed by atoms with van der Waals surface area (Å²) >= 11 is 0. The quantitative estimate of drug-likeness (QED) is 0.227. The first-order chi connectivity index (χ1) is 15.5. The first kappa shape index (κ1) is 29.3. The van der Waals surface area contributed by atoms with E-state index in [1.165, 1.54) is 12.8 Å². The third-order valence-corrected chi connectivity index (χ3v) is 5.60. The molecule has 1 heterocycles. The Kier molecular flexibility index (Phi) is 14.2. The minimum atomic E-state index is -0.0185. The molecule has 188 valence electrons. The summed E-state index contributed by atoms with van der Waals surface area (Å²) in [6, 6.07) is 6.57. The van der Waals surface area contributed by atoms with Crippen molar-refractivity contribution in [3.63, 3.8) is 0 Å². The molecule has 1 aliphatic heterocycles. The number of amides is 1. The van der Waals surface area contributed by atoms with Crippen molar-refractivity contribution in [3.8, 4) is 11.5 Å². The first-order valence-electron chi connectivity index (χ1n) is 11.8. The van der Waals surface area contributed by atoms with Gasteiger partial charge >= 0.3 is 0 Å². The largest absolute Gasteiger partial charge is 0.490 e. The van der Waals surface area contributed by atoms with Gasteiger partial charge in [0.25, 0.3) is 0 Å². The first-order valence-corrected chi connectivity index (χ1v) is 11.8. The number of nitrogens with one attached hydrogen (secondary N) is 2. The van der Waals surface area contributed by atoms with E-state index in [-0.39, 0.29) is 36.4 Å². The van der Waals surface area contributed by atoms with E-state index < -0.39 is 0 Å². The number of aliphatic imine (C=N–C) groups is 1. The van der Waals surface area contributed by atoms with Crippen LogP contribution in [-0.4, -0.2) is 87.7 Å². The van der Waals surface area contributed by atoms with Gasteiger partial charge in [0.1, 0.15) is 6.54 Å². The topological polar surface area (TPSA) is 78.4 Å². The highest BCUT2D eigenvalue weighted by Gasteiger charge is 2.22. The van der Waals surface area contributed by atoms with E-state index in [0.717, 1.165) is 43.1 Å². The predicted molar refractivity (Wildman–Crippen MR) is 145 cm³/mol. The van der Waals surface area contributed by atoms with Crippen LogP contribution in [0.2, 0.25) is 0 Å². The van der Waals surface area contributed by atoms with Crippen LogP contribution in [0.1, 0.15) is 39.2 Å². The van der Waals surface area contributed by atoms with Gasteiger partial charge in [-0.2, -0.15) is 0 Å². The Morgan fingerprint density at radius 3 is 2.55 bits per heavy atom. The van der Waals surface area contributed by atoms with Gasteiger partial charge in [0, 0.05) is 33.2 Å². The molecule has 1 atom stereocenters. The summed E-state index contributed by atoms with van der Waals surface area (Å²) in [4.78, 5) is 20.6. The van der Waals surface area contributed by atoms with Gasteiger partial charge in [0.2, 0.25) is 5.91 Å². The van der Waals surface area contributed by atoms with Crippen LogP contribution in [0.4, 0.5) is 0 Å². The van der Waals surface area contributed by atoms with Crippen LogP contribution in [0, 0.1) is 0 Å². The standard InChI is InChI=1S/C24H41N5O3.HI/c1-6-29-15-9-10-20(29)17-26-24(27-18-23(30)28(4)5)25-14-13-19-11-12-21(31-7-2)22(16-19)32-8-3;/h11-12,16,20H,6-10,13-15,17-18H2,1-5H3,(H2,25,26,27);1H. The number of carbonyl (C=O) groups is 1. The van der Waals surface area contributed by atoms with E-state index in [2.05, 4.69) is 33.5 Å². The maximum Gasteiger partial charge on any atom is 0.243 e. The lowest BCUT2D eigenvalue weighted by Crippen LogP contribution is -2.45. The molecule has 1 fully saturated rings. The maximum atomic E-state index is 12.0. The fraction of sp³-hybridized carbons (Fsp3) is 0.667. The molecule has 0 bridgehead atoms. The van der Waals surface area contributed by atoms with Gasteiger partial charge in [-0.05, 0) is 63.9 Å². The lowest BCUT2D eigenvalue weighted by atomic mass is 10.1. The van der Waals surface area contributed by atoms with Gasteiger partial charge in [0.15, 0.2) is 17.5 Å². The average Bonchev–Trinajstić information content (AvgIpc) is 3.24. The van der Waals surface area contributed by atoms with E-state index in [9.17, 15) is 4.79 Å². The summed E-state index contributed by atoms with van der Waals surface area (Å²) in [7, 11) is 3.50. The van der Waals surface area contributed by atoms with Crippen LogP contribution in [0.5, 0.6) is 11.5 Å². The Balaban J connectivity index is 0.00000544. The fourth-order valence-corrected chi connectivity index (χ4v) is 3.80. The van der Waals surface area contributed by atoms with Gasteiger partial charge in [0.05, 0.1) is 13.2 Å². The number of nitrogens with zero attached hydrogens (tertiary/aromatic N) is 3. The van der Waals surface area contributed by atoms with Crippen molar-refractivity contribution in [2.45, 2.75) is 46.1 Å². The van der Waals surface area contributed by atoms with Crippen molar-refractivity contribution in [3.05, 3.63) is 23.8 Å². The number of rotatable bonds is 12. The molecule has 0 aromatic heterocycles. The SMILES string of the molecule is CCOc1ccc(CCNC(=NCC(=O)N(C)C)NCC2CCCN2CC)cc1OCC.I. The van der Waals surface area contributed by atoms with E-state index in [0.29, 0.717) is 31.8 Å². The van der Waals surface area contributed by atoms with Crippen LogP contribution < -0.4 is 20.1 Å². The summed E-state index contributed by atoms with van der Waals surface area (Å²) in [6.07, 6.45) is 3.23. The Labute approximate surface area is 216 Å². The second-order valence-electron chi connectivity index (χ2n) is 8.08. The van der Waals surface area contributed by atoms with E-state index in [1.807, 2.05) is 26.0 Å². The van der Waals surface area contributed by atoms with Crippen molar-refractivity contribution in [1.82, 2.24) is 20.4 Å². The van der Waals surface area contributed by atoms with Gasteiger partial charge in [-0.25, -0.2) is 4.99 Å². The van der Waals surface area contributed by atoms with Gasteiger partial charge in [-0.1, -0.05) is 13.0 Å². The van der Waals surface area contributed by atoms with E-state index >= 15 is 0 Å². The molecule has 8 nitrogen and oxygen atoms in total. The second kappa shape index (κ2) is 16.0. The molecule has 2 rings (SSSR count). The Morgan fingerprint density at radius 2 is 1.88 bits per heavy atom. The van der Waals surface area contributed by atoms with Gasteiger partial charge in [-0.3, -0.25) is 9.69 Å². The minimum Gasteiger partial charge on any atom is -0.490 e. The molecule has 0 aliphatic carbocycles. The highest BCUT2D eigenvalue weighted by Crippen LogP contribution is 2.28. The molecule has 2 N–H and O–H groups in total. The summed E-state index contributed by atoms with van der Waals surface area (Å²) in [5, 5.41) is 6.83. The molecule has 0 saturated carbocycles. The lowest BCUT2D eigenvalue weighted by molar-refractivity contribution is -0.127. The number of carbonyl (C=O) groups excluding carboxylic acids is 1. The average molecular weight is 576 g/mol. The molecule has 1 amide bonds. The number of hydrogen-bond acceptors (Lipinski definition) is 5. The Hall–Kier alpha value is -1.75. The van der Waals surface area contributed by atoms with Crippen molar-refractivity contribution >= 4 is 35.8 Å². The third-order valence-electron chi connectivity index (χ3n) is 5.60. The molecule has 0 radical (unpaired) electrons. The van der Waals surface area contributed by atoms with Crippen LogP contribution in [0.15, 0.2) is 23.2 Å². The predicted octanol–water partition coefficient (Wildman–Crippen LogP) is 2.75. The summed E-state index contributed by atoms with van der Waals surface area (Å²) in [6.45, 7) is 11.2. The van der Waals surface area contributed by atoms with Crippen molar-refractivity contribution in [2.75, 3.05) is 60.0 Å². The maximum absolute atomic E-state index is 12.0. The molecule has 1 aromatic carbocycles. The molecule has 1 aliphatic rings. The van der Waals surface area contributed by atoms with Crippen LogP contribution in [0.25, 0.3) is 0 Å². The minimum absolute atomic E-state index is 0. The molecular weight excluding hydrogens is 533 g/mol. The molecule has 9 heteroatoms. The highest BCUT2D eigenvalue weighted by atomic mass is 127. The zero-order valence-electron chi connectivity index (χ0n) is 20.9. The monoisotopic (exact) mass is 575 g/mol. The highest BCUT2D eigenvalue weighted by molar-refractivity contribution is 14.0. The Bertz CT molecular complexity index is 745. The number of halogens is 1. The normalized spacial score (nSPS) is 16.2. The lowest BCUT2D eigenvalue weighted by Gasteiger charge is -2.24. The van der Waals surface area contributed by atoms with Gasteiger partial charge in [-0.15, -0.1) is 24.0 Å². The molecule has 0 spiro atoms. The molecule has 1 saturated heterocycles. The fourth-order valence-electron chi connectivity index (χ4n) is 3.80. The Morgan fingerprint density at radius 1 is 1.15 bits per heavy atom. The number of guanidine groups is 1. The number of hydrogen-bond donors (Lipinski definition) is 2. The van der Waals surface area contributed by atoms with Gasteiger partial charge < -0.3 is 25.0 Å². The number of likely N-dealkylation sites (N-methyl/N-ethyl adjacent to an activating group) is 2. The zero-order valence-corrected chi connectivity index (χ0v) is 23.2. The molecule has 33 heavy (non-hydrogen) atoms. The second-order valence-corrected chi connectivity index (χ2v) is 8.08. The summed E-state index contributed by atoms with van der Waals surface area (Å²) in [5.41, 5.74) is 1.15. The number of likely N-dealkylation sites (tertiary alicyclic amines) is 1. The molecule has 1 unspecified atom stereocenters. The van der Waals surface area contributed by atoms with Crippen LogP contribution in [-0.2, 0) is 11.2 Å². The van der Waals surface area contributed by atoms with Crippen LogP contribution >= 0.6 is 24.0 Å². The van der Waals surface area contributed by atoms with E-state index in [1.54, 1.807) is 19.0 Å². The van der Waals surface area contributed by atoms with Crippen LogP contribution in [0.3, 0.4) is 0 Å². The molecule has 1 aromatic rings. The van der Waals surface area contributed by atoms with Crippen molar-refractivity contribution < 1.29 is 14.3 Å². The smallest absolute Gasteiger partial charge is 0.243 e. The zero-order chi connectivity index (χ0) is 23.3.